The van der Waals surface area contributed by atoms with E-state index in [1.807, 2.05) is 31.2 Å². The molecule has 0 aliphatic heterocycles. The van der Waals surface area contributed by atoms with E-state index in [1.165, 1.54) is 11.1 Å². The molecule has 3 aromatic rings. The molecule has 1 N–H and O–H groups in total. The minimum absolute atomic E-state index is 0.121. The van der Waals surface area contributed by atoms with Crippen molar-refractivity contribution in [2.75, 3.05) is 0 Å². The van der Waals surface area contributed by atoms with Crippen LogP contribution in [0, 0.1) is 0 Å². The Labute approximate surface area is 164 Å². The van der Waals surface area contributed by atoms with Crippen molar-refractivity contribution < 1.29 is 14.4 Å². The fraction of sp³-hybridized carbons (Fsp3) is 0.348. The average molecular weight is 376 g/mol. The summed E-state index contributed by atoms with van der Waals surface area (Å²) in [6, 6.07) is 13.5. The van der Waals surface area contributed by atoms with Crippen LogP contribution in [0.1, 0.15) is 71.7 Å². The van der Waals surface area contributed by atoms with E-state index >= 15 is 0 Å². The van der Waals surface area contributed by atoms with Crippen LogP contribution >= 0.6 is 0 Å². The Hall–Kier alpha value is -2.79. The second-order valence-electron chi connectivity index (χ2n) is 7.44. The number of aryl methyl sites for hydroxylation is 2. The Morgan fingerprint density at radius 2 is 2.14 bits per heavy atom. The van der Waals surface area contributed by atoms with Crippen LogP contribution in [-0.2, 0) is 12.8 Å². The van der Waals surface area contributed by atoms with Crippen molar-refractivity contribution in [2.45, 2.75) is 51.6 Å². The standard InChI is InChI=1S/C23H24N2O3/c1-3-22-24-23(25-28-22)19-9-10-20-16(12-19)7-8-17(20)13-21(27)18-6-4-5-15(11-18)14(2)26/h4-6,9-12,14,17,26H,3,7-8,13H2,1-2H3/t14?,17-/m0/s1. The lowest BCUT2D eigenvalue weighted by atomic mass is 9.92. The average Bonchev–Trinajstić information content (AvgIpc) is 3.35. The van der Waals surface area contributed by atoms with Gasteiger partial charge in [0.2, 0.25) is 11.7 Å². The van der Waals surface area contributed by atoms with Crippen molar-refractivity contribution in [3.8, 4) is 11.4 Å². The maximum Gasteiger partial charge on any atom is 0.226 e. The van der Waals surface area contributed by atoms with E-state index in [-0.39, 0.29) is 11.7 Å². The van der Waals surface area contributed by atoms with Gasteiger partial charge < -0.3 is 9.63 Å². The zero-order valence-corrected chi connectivity index (χ0v) is 16.2. The van der Waals surface area contributed by atoms with Gasteiger partial charge in [0.15, 0.2) is 5.78 Å². The lowest BCUT2D eigenvalue weighted by Crippen LogP contribution is -2.06. The summed E-state index contributed by atoms with van der Waals surface area (Å²) in [4.78, 5) is 17.2. The molecule has 5 nitrogen and oxygen atoms in total. The van der Waals surface area contributed by atoms with E-state index in [1.54, 1.807) is 13.0 Å². The summed E-state index contributed by atoms with van der Waals surface area (Å²) in [5.41, 5.74) is 4.90. The molecule has 144 valence electrons. The van der Waals surface area contributed by atoms with Gasteiger partial charge in [-0.25, -0.2) is 0 Å². The van der Waals surface area contributed by atoms with Gasteiger partial charge in [-0.2, -0.15) is 4.98 Å². The van der Waals surface area contributed by atoms with Gasteiger partial charge in [-0.15, -0.1) is 0 Å². The smallest absolute Gasteiger partial charge is 0.226 e. The molecule has 0 fully saturated rings. The van der Waals surface area contributed by atoms with Gasteiger partial charge in [0, 0.05) is 24.0 Å². The number of aliphatic hydroxyl groups is 1. The van der Waals surface area contributed by atoms with E-state index in [9.17, 15) is 9.90 Å². The van der Waals surface area contributed by atoms with Crippen LogP contribution in [0.4, 0.5) is 0 Å². The first kappa shape index (κ1) is 18.6. The van der Waals surface area contributed by atoms with Crippen LogP contribution in [0.5, 0.6) is 0 Å². The van der Waals surface area contributed by atoms with Crippen LogP contribution in [0.15, 0.2) is 47.0 Å². The third-order valence-electron chi connectivity index (χ3n) is 5.50. The molecular formula is C23H24N2O3. The molecule has 2 aromatic carbocycles. The lowest BCUT2D eigenvalue weighted by molar-refractivity contribution is 0.0973. The second-order valence-corrected chi connectivity index (χ2v) is 7.44. The summed E-state index contributed by atoms with van der Waals surface area (Å²) in [7, 11) is 0. The van der Waals surface area contributed by atoms with Crippen molar-refractivity contribution in [1.29, 1.82) is 0 Å². The fourth-order valence-electron chi connectivity index (χ4n) is 3.89. The summed E-state index contributed by atoms with van der Waals surface area (Å²) in [6.07, 6.45) is 2.55. The molecule has 2 atom stereocenters. The molecule has 0 amide bonds. The number of Topliss-reactive ketones (excluding diaryl/α,β-unsaturated/α-hetero) is 1. The Bertz CT molecular complexity index is 1010. The van der Waals surface area contributed by atoms with Crippen molar-refractivity contribution in [1.82, 2.24) is 10.1 Å². The minimum atomic E-state index is -0.572. The van der Waals surface area contributed by atoms with Gasteiger partial charge in [-0.3, -0.25) is 4.79 Å². The van der Waals surface area contributed by atoms with Crippen LogP contribution < -0.4 is 0 Å². The monoisotopic (exact) mass is 376 g/mol. The predicted molar refractivity (Wildman–Crippen MR) is 106 cm³/mol. The van der Waals surface area contributed by atoms with Crippen LogP contribution in [0.3, 0.4) is 0 Å². The third-order valence-corrected chi connectivity index (χ3v) is 5.50. The Morgan fingerprint density at radius 3 is 2.89 bits per heavy atom. The summed E-state index contributed by atoms with van der Waals surface area (Å²) < 4.78 is 5.21. The maximum atomic E-state index is 12.8. The molecule has 1 aliphatic rings. The number of hydrogen-bond donors (Lipinski definition) is 1. The molecule has 0 radical (unpaired) electrons. The molecule has 1 aliphatic carbocycles. The number of ketones is 1. The van der Waals surface area contributed by atoms with Crippen LogP contribution in [0.25, 0.3) is 11.4 Å². The zero-order chi connectivity index (χ0) is 19.7. The van der Waals surface area contributed by atoms with Gasteiger partial charge in [-0.05, 0) is 54.5 Å². The molecule has 4 rings (SSSR count). The SMILES string of the molecule is CCc1nc(-c2ccc3c(c2)CC[C@H]3CC(=O)c2cccc(C(C)O)c2)no1. The van der Waals surface area contributed by atoms with Gasteiger partial charge in [-0.1, -0.05) is 42.4 Å². The number of rotatable bonds is 6. The number of carbonyl (C=O) groups is 1. The van der Waals surface area contributed by atoms with Crippen molar-refractivity contribution in [3.63, 3.8) is 0 Å². The highest BCUT2D eigenvalue weighted by atomic mass is 16.5. The summed E-state index contributed by atoms with van der Waals surface area (Å²) in [6.45, 7) is 3.69. The molecule has 1 unspecified atom stereocenters. The van der Waals surface area contributed by atoms with Crippen molar-refractivity contribution in [3.05, 3.63) is 70.6 Å². The summed E-state index contributed by atoms with van der Waals surface area (Å²) in [5, 5.41) is 13.8. The minimum Gasteiger partial charge on any atom is -0.389 e. The van der Waals surface area contributed by atoms with Crippen molar-refractivity contribution >= 4 is 5.78 Å². The Balaban J connectivity index is 1.52. The molecule has 0 saturated carbocycles. The number of carbonyl (C=O) groups excluding carboxylic acids is 1. The van der Waals surface area contributed by atoms with E-state index in [0.717, 1.165) is 30.4 Å². The Kier molecular flexibility index (Phi) is 5.09. The quantitative estimate of drug-likeness (QED) is 0.634. The number of aromatic nitrogens is 2. The third kappa shape index (κ3) is 3.62. The molecule has 1 aromatic heterocycles. The number of benzene rings is 2. The van der Waals surface area contributed by atoms with Gasteiger partial charge in [0.25, 0.3) is 0 Å². The van der Waals surface area contributed by atoms with Gasteiger partial charge >= 0.3 is 0 Å². The van der Waals surface area contributed by atoms with E-state index in [4.69, 9.17) is 4.52 Å². The summed E-state index contributed by atoms with van der Waals surface area (Å²) >= 11 is 0. The van der Waals surface area contributed by atoms with E-state index in [2.05, 4.69) is 22.3 Å². The van der Waals surface area contributed by atoms with Crippen LogP contribution in [0.2, 0.25) is 0 Å². The molecular weight excluding hydrogens is 352 g/mol. The molecule has 5 heteroatoms. The summed E-state index contributed by atoms with van der Waals surface area (Å²) in [5.74, 6) is 1.60. The molecule has 0 saturated heterocycles. The predicted octanol–water partition coefficient (Wildman–Crippen LogP) is 4.66. The van der Waals surface area contributed by atoms with Gasteiger partial charge in [0.05, 0.1) is 6.10 Å². The first-order valence-corrected chi connectivity index (χ1v) is 9.82. The number of fused-ring (bicyclic) bond motifs is 1. The molecule has 0 bridgehead atoms. The van der Waals surface area contributed by atoms with E-state index in [0.29, 0.717) is 23.7 Å². The zero-order valence-electron chi connectivity index (χ0n) is 16.2. The van der Waals surface area contributed by atoms with Crippen molar-refractivity contribution in [2.24, 2.45) is 0 Å². The highest BCUT2D eigenvalue weighted by Gasteiger charge is 2.26. The second kappa shape index (κ2) is 7.68. The normalized spacial score (nSPS) is 16.8. The number of hydrogen-bond acceptors (Lipinski definition) is 5. The fourth-order valence-corrected chi connectivity index (χ4v) is 3.89. The largest absolute Gasteiger partial charge is 0.389 e. The lowest BCUT2D eigenvalue weighted by Gasteiger charge is -2.12. The topological polar surface area (TPSA) is 76.2 Å². The highest BCUT2D eigenvalue weighted by Crippen LogP contribution is 2.38. The van der Waals surface area contributed by atoms with Crippen LogP contribution in [-0.4, -0.2) is 21.0 Å². The molecule has 1 heterocycles. The maximum absolute atomic E-state index is 12.8. The highest BCUT2D eigenvalue weighted by molar-refractivity contribution is 5.96. The first-order valence-electron chi connectivity index (χ1n) is 9.82. The molecule has 28 heavy (non-hydrogen) atoms. The van der Waals surface area contributed by atoms with E-state index < -0.39 is 6.10 Å². The number of aliphatic hydroxyl groups excluding tert-OH is 1. The molecule has 0 spiro atoms. The number of nitrogens with zero attached hydrogens (tertiary/aromatic N) is 2. The first-order chi connectivity index (χ1) is 13.5. The van der Waals surface area contributed by atoms with Gasteiger partial charge in [0.1, 0.15) is 0 Å². The Morgan fingerprint density at radius 1 is 1.29 bits per heavy atom.